The van der Waals surface area contributed by atoms with Crippen molar-refractivity contribution in [3.63, 3.8) is 0 Å². The number of amides is 1. The van der Waals surface area contributed by atoms with Gasteiger partial charge in [0, 0.05) is 30.4 Å². The minimum Gasteiger partial charge on any atom is -0.324 e. The molecule has 21 heavy (non-hydrogen) atoms. The summed E-state index contributed by atoms with van der Waals surface area (Å²) in [5.74, 6) is -0.0965. The molecule has 6 nitrogen and oxygen atoms in total. The summed E-state index contributed by atoms with van der Waals surface area (Å²) in [4.78, 5) is 26.1. The molecule has 0 spiro atoms. The Labute approximate surface area is 123 Å². The van der Waals surface area contributed by atoms with Crippen LogP contribution in [0.2, 0.25) is 0 Å². The molecule has 112 valence electrons. The van der Waals surface area contributed by atoms with Crippen LogP contribution in [-0.2, 0) is 11.3 Å². The van der Waals surface area contributed by atoms with E-state index in [0.717, 1.165) is 17.0 Å². The van der Waals surface area contributed by atoms with E-state index in [4.69, 9.17) is 0 Å². The number of H-pyrrole nitrogens is 1. The van der Waals surface area contributed by atoms with Gasteiger partial charge in [-0.15, -0.1) is 0 Å². The van der Waals surface area contributed by atoms with Gasteiger partial charge in [0.1, 0.15) is 0 Å². The fourth-order valence-corrected chi connectivity index (χ4v) is 2.35. The van der Waals surface area contributed by atoms with E-state index in [2.05, 4.69) is 15.4 Å². The third-order valence-electron chi connectivity index (χ3n) is 3.35. The average Bonchev–Trinajstić information content (AvgIpc) is 2.69. The SMILES string of the molecule is Cc1cc(C)n(CCC(=O)Nc2c(C)cc(=O)[nH]c2C)n1. The maximum Gasteiger partial charge on any atom is 0.248 e. The number of pyridine rings is 1. The quantitative estimate of drug-likeness (QED) is 0.900. The van der Waals surface area contributed by atoms with Crippen molar-refractivity contribution in [2.24, 2.45) is 0 Å². The Morgan fingerprint density at radius 1 is 1.29 bits per heavy atom. The van der Waals surface area contributed by atoms with Crippen molar-refractivity contribution in [1.29, 1.82) is 0 Å². The maximum absolute atomic E-state index is 12.0. The van der Waals surface area contributed by atoms with E-state index in [9.17, 15) is 9.59 Å². The zero-order valence-electron chi connectivity index (χ0n) is 12.8. The van der Waals surface area contributed by atoms with Gasteiger partial charge in [0.2, 0.25) is 11.5 Å². The highest BCUT2D eigenvalue weighted by Gasteiger charge is 2.10. The summed E-state index contributed by atoms with van der Waals surface area (Å²) in [5, 5.41) is 7.18. The van der Waals surface area contributed by atoms with E-state index < -0.39 is 0 Å². The molecule has 0 fully saturated rings. The fourth-order valence-electron chi connectivity index (χ4n) is 2.35. The van der Waals surface area contributed by atoms with Gasteiger partial charge in [-0.25, -0.2) is 0 Å². The lowest BCUT2D eigenvalue weighted by atomic mass is 10.2. The minimum absolute atomic E-state index is 0.0965. The standard InChI is InChI=1S/C15H20N4O2/c1-9-7-14(21)16-12(4)15(9)17-13(20)5-6-19-11(3)8-10(2)18-19/h7-8H,5-6H2,1-4H3,(H,16,21)(H,17,20). The molecule has 2 N–H and O–H groups in total. The fraction of sp³-hybridized carbons (Fsp3) is 0.400. The summed E-state index contributed by atoms with van der Waals surface area (Å²) in [6, 6.07) is 3.46. The first-order chi connectivity index (χ1) is 9.86. The second kappa shape index (κ2) is 5.95. The molecule has 0 atom stereocenters. The summed E-state index contributed by atoms with van der Waals surface area (Å²) in [6.07, 6.45) is 0.333. The average molecular weight is 288 g/mol. The van der Waals surface area contributed by atoms with Gasteiger partial charge in [-0.05, 0) is 39.3 Å². The molecule has 0 aliphatic rings. The molecule has 0 radical (unpaired) electrons. The van der Waals surface area contributed by atoms with Crippen molar-refractivity contribution < 1.29 is 4.79 Å². The lowest BCUT2D eigenvalue weighted by Gasteiger charge is -2.11. The molecule has 0 bridgehead atoms. The molecule has 0 saturated heterocycles. The van der Waals surface area contributed by atoms with E-state index in [1.165, 1.54) is 6.07 Å². The first-order valence-corrected chi connectivity index (χ1v) is 6.88. The second-order valence-electron chi connectivity index (χ2n) is 5.27. The lowest BCUT2D eigenvalue weighted by molar-refractivity contribution is -0.116. The zero-order valence-corrected chi connectivity index (χ0v) is 12.8. The number of aromatic amines is 1. The van der Waals surface area contributed by atoms with Crippen molar-refractivity contribution in [3.8, 4) is 0 Å². The number of carbonyl (C=O) groups excluding carboxylic acids is 1. The van der Waals surface area contributed by atoms with Gasteiger partial charge in [0.25, 0.3) is 0 Å². The van der Waals surface area contributed by atoms with Crippen LogP contribution in [0.3, 0.4) is 0 Å². The number of nitrogens with zero attached hydrogens (tertiary/aromatic N) is 2. The van der Waals surface area contributed by atoms with E-state index >= 15 is 0 Å². The van der Waals surface area contributed by atoms with E-state index in [0.29, 0.717) is 24.3 Å². The van der Waals surface area contributed by atoms with Crippen LogP contribution in [0, 0.1) is 27.7 Å². The van der Waals surface area contributed by atoms with Crippen molar-refractivity contribution >= 4 is 11.6 Å². The third-order valence-corrected chi connectivity index (χ3v) is 3.35. The smallest absolute Gasteiger partial charge is 0.248 e. The Bertz CT molecular complexity index is 702. The number of aryl methyl sites for hydroxylation is 5. The zero-order chi connectivity index (χ0) is 15.6. The van der Waals surface area contributed by atoms with Crippen molar-refractivity contribution in [2.45, 2.75) is 40.7 Å². The highest BCUT2D eigenvalue weighted by Crippen LogP contribution is 2.15. The Morgan fingerprint density at radius 3 is 2.57 bits per heavy atom. The molecule has 2 rings (SSSR count). The van der Waals surface area contributed by atoms with Crippen molar-refractivity contribution in [1.82, 2.24) is 14.8 Å². The van der Waals surface area contributed by atoms with Crippen molar-refractivity contribution in [2.75, 3.05) is 5.32 Å². The topological polar surface area (TPSA) is 79.8 Å². The Morgan fingerprint density at radius 2 is 2.00 bits per heavy atom. The number of anilines is 1. The summed E-state index contributed by atoms with van der Waals surface area (Å²) in [7, 11) is 0. The summed E-state index contributed by atoms with van der Waals surface area (Å²) < 4.78 is 1.82. The van der Waals surface area contributed by atoms with Crippen LogP contribution >= 0.6 is 0 Å². The monoisotopic (exact) mass is 288 g/mol. The van der Waals surface area contributed by atoms with E-state index in [1.54, 1.807) is 13.8 Å². The summed E-state index contributed by atoms with van der Waals surface area (Å²) >= 11 is 0. The molecule has 0 saturated carbocycles. The second-order valence-corrected chi connectivity index (χ2v) is 5.27. The predicted octanol–water partition coefficient (Wildman–Crippen LogP) is 1.83. The van der Waals surface area contributed by atoms with Crippen LogP contribution in [-0.4, -0.2) is 20.7 Å². The van der Waals surface area contributed by atoms with Crippen LogP contribution in [0.4, 0.5) is 5.69 Å². The maximum atomic E-state index is 12.0. The molecule has 2 heterocycles. The Kier molecular flexibility index (Phi) is 4.26. The van der Waals surface area contributed by atoms with Gasteiger partial charge < -0.3 is 10.3 Å². The number of rotatable bonds is 4. The highest BCUT2D eigenvalue weighted by atomic mass is 16.1. The van der Waals surface area contributed by atoms with Crippen LogP contribution in [0.5, 0.6) is 0 Å². The summed E-state index contributed by atoms with van der Waals surface area (Å²) in [6.45, 7) is 8.00. The van der Waals surface area contributed by atoms with Crippen LogP contribution in [0.15, 0.2) is 16.9 Å². The molecule has 2 aromatic heterocycles. The number of carbonyl (C=O) groups is 1. The Hall–Kier alpha value is -2.37. The van der Waals surface area contributed by atoms with Gasteiger partial charge in [0.05, 0.1) is 11.4 Å². The van der Waals surface area contributed by atoms with Crippen LogP contribution in [0.1, 0.15) is 29.1 Å². The molecular formula is C15H20N4O2. The molecule has 1 amide bonds. The minimum atomic E-state index is -0.161. The summed E-state index contributed by atoms with van der Waals surface area (Å²) in [5.41, 5.74) is 3.92. The molecule has 2 aromatic rings. The van der Waals surface area contributed by atoms with Gasteiger partial charge in [-0.1, -0.05) is 0 Å². The molecule has 0 aromatic carbocycles. The third kappa shape index (κ3) is 3.59. The first kappa shape index (κ1) is 15.0. The van der Waals surface area contributed by atoms with E-state index in [1.807, 2.05) is 24.6 Å². The highest BCUT2D eigenvalue weighted by molar-refractivity contribution is 5.91. The largest absolute Gasteiger partial charge is 0.324 e. The van der Waals surface area contributed by atoms with Gasteiger partial charge in [0.15, 0.2) is 0 Å². The van der Waals surface area contributed by atoms with Gasteiger partial charge in [-0.2, -0.15) is 5.10 Å². The predicted molar refractivity (Wildman–Crippen MR) is 81.5 cm³/mol. The number of hydrogen-bond acceptors (Lipinski definition) is 3. The van der Waals surface area contributed by atoms with Gasteiger partial charge in [-0.3, -0.25) is 14.3 Å². The molecular weight excluding hydrogens is 268 g/mol. The lowest BCUT2D eigenvalue weighted by Crippen LogP contribution is -2.19. The Balaban J connectivity index is 2.03. The van der Waals surface area contributed by atoms with Gasteiger partial charge >= 0.3 is 0 Å². The van der Waals surface area contributed by atoms with Crippen LogP contribution in [0.25, 0.3) is 0 Å². The number of hydrogen-bond donors (Lipinski definition) is 2. The van der Waals surface area contributed by atoms with Crippen molar-refractivity contribution in [3.05, 3.63) is 45.1 Å². The van der Waals surface area contributed by atoms with Crippen LogP contribution < -0.4 is 10.9 Å². The van der Waals surface area contributed by atoms with E-state index in [-0.39, 0.29) is 11.5 Å². The first-order valence-electron chi connectivity index (χ1n) is 6.88. The number of nitrogens with one attached hydrogen (secondary N) is 2. The number of aromatic nitrogens is 3. The molecule has 0 aliphatic heterocycles. The molecule has 6 heteroatoms. The molecule has 0 aliphatic carbocycles. The molecule has 0 unspecified atom stereocenters. The normalized spacial score (nSPS) is 10.7.